The lowest BCUT2D eigenvalue weighted by molar-refractivity contribution is 0.959. The molecule has 20 heavy (non-hydrogen) atoms. The molecule has 0 spiro atoms. The van der Waals surface area contributed by atoms with E-state index < -0.39 is 0 Å². The number of fused-ring (bicyclic) bond motifs is 1. The third kappa shape index (κ3) is 2.09. The minimum Gasteiger partial charge on any atom is -0.327 e. The van der Waals surface area contributed by atoms with Gasteiger partial charge in [-0.05, 0) is 36.4 Å². The lowest BCUT2D eigenvalue weighted by atomic mass is 10.2. The lowest BCUT2D eigenvalue weighted by Gasteiger charge is -2.05. The molecule has 0 aliphatic rings. The molecule has 0 N–H and O–H groups in total. The summed E-state index contributed by atoms with van der Waals surface area (Å²) >= 11 is 9.68. The Hall–Kier alpha value is -1.83. The Morgan fingerprint density at radius 2 is 2.05 bits per heavy atom. The highest BCUT2D eigenvalue weighted by molar-refractivity contribution is 9.10. The molecule has 3 nitrogen and oxygen atoms in total. The summed E-state index contributed by atoms with van der Waals surface area (Å²) in [6, 6.07) is 13.3. The van der Waals surface area contributed by atoms with Crippen molar-refractivity contribution in [2.75, 3.05) is 0 Å². The predicted octanol–water partition coefficient (Wildman–Crippen LogP) is 4.53. The zero-order valence-electron chi connectivity index (χ0n) is 10.6. The van der Waals surface area contributed by atoms with Gasteiger partial charge in [0.05, 0.1) is 27.7 Å². The summed E-state index contributed by atoms with van der Waals surface area (Å²) in [4.78, 5) is 4.59. The predicted molar refractivity (Wildman–Crippen MR) is 83.6 cm³/mol. The van der Waals surface area contributed by atoms with E-state index in [-0.39, 0.29) is 0 Å². The van der Waals surface area contributed by atoms with E-state index >= 15 is 0 Å². The van der Waals surface area contributed by atoms with Gasteiger partial charge in [0, 0.05) is 17.1 Å². The molecular weight excluding hydrogens is 338 g/mol. The molecule has 0 atom stereocenters. The number of nitriles is 1. The van der Waals surface area contributed by atoms with Crippen molar-refractivity contribution in [3.05, 3.63) is 51.5 Å². The van der Waals surface area contributed by atoms with E-state index in [4.69, 9.17) is 16.9 Å². The summed E-state index contributed by atoms with van der Waals surface area (Å²) < 4.78 is 2.91. The molecule has 0 saturated heterocycles. The highest BCUT2D eigenvalue weighted by Crippen LogP contribution is 2.31. The van der Waals surface area contributed by atoms with Crippen molar-refractivity contribution in [1.82, 2.24) is 9.55 Å². The largest absolute Gasteiger partial charge is 0.327 e. The van der Waals surface area contributed by atoms with Crippen LogP contribution >= 0.6 is 27.5 Å². The number of halogens is 2. The fourth-order valence-corrected chi connectivity index (χ4v) is 2.94. The normalized spacial score (nSPS) is 10.7. The van der Waals surface area contributed by atoms with Crippen LogP contribution in [0.3, 0.4) is 0 Å². The summed E-state index contributed by atoms with van der Waals surface area (Å²) in [6.07, 6.45) is 0. The standard InChI is InChI=1S/C15H9BrClN3/c1-20-14-5-2-9(8-18)6-13(14)19-15(20)11-4-3-10(16)7-12(11)17/h2-7H,1H3. The van der Waals surface area contributed by atoms with E-state index in [0.29, 0.717) is 10.6 Å². The first-order valence-corrected chi connectivity index (χ1v) is 7.09. The average Bonchev–Trinajstić information content (AvgIpc) is 2.75. The Labute approximate surface area is 129 Å². The number of benzene rings is 2. The van der Waals surface area contributed by atoms with Crippen molar-refractivity contribution < 1.29 is 0 Å². The number of nitrogens with zero attached hydrogens (tertiary/aromatic N) is 3. The molecule has 5 heteroatoms. The number of aryl methyl sites for hydroxylation is 1. The van der Waals surface area contributed by atoms with Crippen LogP contribution < -0.4 is 0 Å². The van der Waals surface area contributed by atoms with Crippen molar-refractivity contribution in [1.29, 1.82) is 5.26 Å². The minimum absolute atomic E-state index is 0.601. The second kappa shape index (κ2) is 4.93. The van der Waals surface area contributed by atoms with E-state index in [2.05, 4.69) is 27.0 Å². The second-order valence-corrected chi connectivity index (χ2v) is 5.76. The lowest BCUT2D eigenvalue weighted by Crippen LogP contribution is -1.93. The highest BCUT2D eigenvalue weighted by atomic mass is 79.9. The van der Waals surface area contributed by atoms with Crippen LogP contribution in [-0.4, -0.2) is 9.55 Å². The third-order valence-corrected chi connectivity index (χ3v) is 3.99. The molecule has 3 rings (SSSR count). The SMILES string of the molecule is Cn1c(-c2ccc(Br)cc2Cl)nc2cc(C#N)ccc21. The summed E-state index contributed by atoms with van der Waals surface area (Å²) in [5.74, 6) is 0.785. The van der Waals surface area contributed by atoms with Gasteiger partial charge in [0.2, 0.25) is 0 Å². The van der Waals surface area contributed by atoms with E-state index in [1.165, 1.54) is 0 Å². The molecule has 0 bridgehead atoms. The topological polar surface area (TPSA) is 41.6 Å². The smallest absolute Gasteiger partial charge is 0.142 e. The van der Waals surface area contributed by atoms with E-state index in [1.807, 2.05) is 35.9 Å². The van der Waals surface area contributed by atoms with Crippen LogP contribution in [0.2, 0.25) is 5.02 Å². The molecule has 98 valence electrons. The number of imidazole rings is 1. The highest BCUT2D eigenvalue weighted by Gasteiger charge is 2.13. The Kier molecular flexibility index (Phi) is 3.25. The fourth-order valence-electron chi connectivity index (χ4n) is 2.18. The molecule has 0 fully saturated rings. The van der Waals surface area contributed by atoms with Crippen molar-refractivity contribution in [3.63, 3.8) is 0 Å². The first kappa shape index (κ1) is 13.2. The maximum Gasteiger partial charge on any atom is 0.142 e. The van der Waals surface area contributed by atoms with Crippen LogP contribution in [0.4, 0.5) is 0 Å². The Balaban J connectivity index is 2.26. The second-order valence-electron chi connectivity index (χ2n) is 4.43. The summed E-state index contributed by atoms with van der Waals surface area (Å²) in [6.45, 7) is 0. The van der Waals surface area contributed by atoms with Crippen LogP contribution in [0.1, 0.15) is 5.56 Å². The van der Waals surface area contributed by atoms with Crippen molar-refractivity contribution in [2.45, 2.75) is 0 Å². The molecule has 0 aliphatic heterocycles. The number of hydrogen-bond donors (Lipinski definition) is 0. The Morgan fingerprint density at radius 1 is 1.25 bits per heavy atom. The van der Waals surface area contributed by atoms with Gasteiger partial charge < -0.3 is 4.57 Å². The van der Waals surface area contributed by atoms with Crippen molar-refractivity contribution in [2.24, 2.45) is 7.05 Å². The van der Waals surface area contributed by atoms with E-state index in [0.717, 1.165) is 26.9 Å². The van der Waals surface area contributed by atoms with Crippen LogP contribution in [0, 0.1) is 11.3 Å². The van der Waals surface area contributed by atoms with Gasteiger partial charge >= 0.3 is 0 Å². The number of rotatable bonds is 1. The average molecular weight is 347 g/mol. The minimum atomic E-state index is 0.601. The van der Waals surface area contributed by atoms with E-state index in [9.17, 15) is 0 Å². The molecule has 2 aromatic carbocycles. The van der Waals surface area contributed by atoms with Gasteiger partial charge in [-0.25, -0.2) is 4.98 Å². The first-order valence-electron chi connectivity index (χ1n) is 5.92. The Morgan fingerprint density at radius 3 is 2.75 bits per heavy atom. The molecule has 1 heterocycles. The van der Waals surface area contributed by atoms with Gasteiger partial charge in [-0.15, -0.1) is 0 Å². The first-order chi connectivity index (χ1) is 9.60. The van der Waals surface area contributed by atoms with Gasteiger partial charge in [-0.2, -0.15) is 5.26 Å². The zero-order valence-corrected chi connectivity index (χ0v) is 12.9. The molecule has 0 radical (unpaired) electrons. The van der Waals surface area contributed by atoms with Gasteiger partial charge in [0.15, 0.2) is 0 Å². The molecule has 3 aromatic rings. The molecule has 0 amide bonds. The van der Waals surface area contributed by atoms with Gasteiger partial charge in [-0.1, -0.05) is 27.5 Å². The fraction of sp³-hybridized carbons (Fsp3) is 0.0667. The molecule has 0 aliphatic carbocycles. The van der Waals surface area contributed by atoms with Crippen molar-refractivity contribution >= 4 is 38.6 Å². The maximum atomic E-state index is 8.95. The molecule has 0 saturated carbocycles. The van der Waals surface area contributed by atoms with Crippen LogP contribution in [0.5, 0.6) is 0 Å². The van der Waals surface area contributed by atoms with Crippen LogP contribution in [0.25, 0.3) is 22.4 Å². The molecular formula is C15H9BrClN3. The Bertz CT molecular complexity index is 861. The van der Waals surface area contributed by atoms with Gasteiger partial charge in [0.1, 0.15) is 5.82 Å². The van der Waals surface area contributed by atoms with Gasteiger partial charge in [-0.3, -0.25) is 0 Å². The summed E-state index contributed by atoms with van der Waals surface area (Å²) in [7, 11) is 1.94. The molecule has 0 unspecified atom stereocenters. The van der Waals surface area contributed by atoms with E-state index in [1.54, 1.807) is 12.1 Å². The number of aromatic nitrogens is 2. The van der Waals surface area contributed by atoms with Crippen molar-refractivity contribution in [3.8, 4) is 17.5 Å². The summed E-state index contributed by atoms with van der Waals surface area (Å²) in [5.41, 5.74) is 3.23. The summed E-state index contributed by atoms with van der Waals surface area (Å²) in [5, 5.41) is 9.59. The zero-order chi connectivity index (χ0) is 14.3. The van der Waals surface area contributed by atoms with Crippen LogP contribution in [0.15, 0.2) is 40.9 Å². The van der Waals surface area contributed by atoms with Gasteiger partial charge in [0.25, 0.3) is 0 Å². The van der Waals surface area contributed by atoms with Crippen LogP contribution in [-0.2, 0) is 7.05 Å². The molecule has 1 aromatic heterocycles. The monoisotopic (exact) mass is 345 g/mol. The number of hydrogen-bond acceptors (Lipinski definition) is 2. The third-order valence-electron chi connectivity index (χ3n) is 3.18. The maximum absolute atomic E-state index is 8.95. The quantitative estimate of drug-likeness (QED) is 0.649.